The minimum Gasteiger partial charge on any atom is -0.494 e. The molecule has 71 heavy (non-hydrogen) atoms. The van der Waals surface area contributed by atoms with Crippen LogP contribution in [-0.2, 0) is 9.59 Å². The number of carbonyl (C=O) groups excluding carboxylic acids is 4. The molecule has 10 heteroatoms. The first-order valence-corrected chi connectivity index (χ1v) is 25.4. The zero-order valence-electron chi connectivity index (χ0n) is 41.5. The Bertz CT molecular complexity index is 2530. The van der Waals surface area contributed by atoms with Crippen molar-refractivity contribution < 1.29 is 47.6 Å². The molecule has 10 nitrogen and oxygen atoms in total. The Morgan fingerprint density at radius 2 is 0.648 bits per heavy atom. The van der Waals surface area contributed by atoms with Crippen LogP contribution in [0, 0.1) is 5.92 Å². The zero-order valence-corrected chi connectivity index (χ0v) is 41.5. The van der Waals surface area contributed by atoms with Crippen LogP contribution in [0.1, 0.15) is 138 Å². The Kier molecular flexibility index (Phi) is 21.8. The number of ether oxygens (including phenoxy) is 6. The first-order chi connectivity index (χ1) is 34.7. The molecule has 0 spiro atoms. The van der Waals surface area contributed by atoms with E-state index in [2.05, 4.69) is 13.8 Å². The van der Waals surface area contributed by atoms with Crippen LogP contribution in [0.15, 0.2) is 146 Å². The number of rotatable bonds is 29. The zero-order chi connectivity index (χ0) is 50.0. The van der Waals surface area contributed by atoms with Gasteiger partial charge < -0.3 is 28.4 Å². The second kappa shape index (κ2) is 29.1. The molecule has 0 amide bonds. The molecule has 6 aromatic carbocycles. The fourth-order valence-electron chi connectivity index (χ4n) is 7.79. The van der Waals surface area contributed by atoms with Gasteiger partial charge in [-0.05, 0) is 132 Å². The molecule has 1 atom stereocenters. The fourth-order valence-corrected chi connectivity index (χ4v) is 7.79. The van der Waals surface area contributed by atoms with Gasteiger partial charge in [-0.2, -0.15) is 0 Å². The summed E-state index contributed by atoms with van der Waals surface area (Å²) in [6.07, 6.45) is 17.1. The number of hydrogen-bond donors (Lipinski definition) is 0. The normalized spacial score (nSPS) is 11.3. The molecular weight excluding hydrogens is 893 g/mol. The van der Waals surface area contributed by atoms with Gasteiger partial charge in [0.2, 0.25) is 0 Å². The van der Waals surface area contributed by atoms with Crippen molar-refractivity contribution in [2.75, 3.05) is 13.2 Å². The van der Waals surface area contributed by atoms with E-state index in [1.807, 2.05) is 72.8 Å². The van der Waals surface area contributed by atoms with Crippen molar-refractivity contribution in [2.24, 2.45) is 5.92 Å². The van der Waals surface area contributed by atoms with E-state index in [0.29, 0.717) is 24.3 Å². The Morgan fingerprint density at radius 1 is 0.352 bits per heavy atom. The molecule has 0 aromatic heterocycles. The van der Waals surface area contributed by atoms with E-state index in [9.17, 15) is 19.2 Å². The summed E-state index contributed by atoms with van der Waals surface area (Å²) < 4.78 is 33.9. The smallest absolute Gasteiger partial charge is 0.343 e. The summed E-state index contributed by atoms with van der Waals surface area (Å²) >= 11 is 0. The second-order valence-corrected chi connectivity index (χ2v) is 17.9. The van der Waals surface area contributed by atoms with Gasteiger partial charge in [0.05, 0.1) is 36.7 Å². The average molecular weight is 961 g/mol. The molecule has 372 valence electrons. The van der Waals surface area contributed by atoms with Gasteiger partial charge in [-0.25, -0.2) is 9.59 Å². The van der Waals surface area contributed by atoms with Crippen LogP contribution >= 0.6 is 0 Å². The minimum absolute atomic E-state index is 0.222. The van der Waals surface area contributed by atoms with Crippen LogP contribution in [0.25, 0.3) is 22.3 Å². The first kappa shape index (κ1) is 53.2. The molecule has 6 rings (SSSR count). The van der Waals surface area contributed by atoms with Crippen LogP contribution in [0.3, 0.4) is 0 Å². The Hall–Kier alpha value is -7.20. The lowest BCUT2D eigenvalue weighted by Gasteiger charge is -2.12. The van der Waals surface area contributed by atoms with Gasteiger partial charge in [0.1, 0.15) is 34.5 Å². The summed E-state index contributed by atoms with van der Waals surface area (Å²) in [7, 11) is 0. The second-order valence-electron chi connectivity index (χ2n) is 17.9. The van der Waals surface area contributed by atoms with Gasteiger partial charge >= 0.3 is 23.9 Å². The molecule has 0 N–H and O–H groups in total. The molecule has 0 saturated carbocycles. The van der Waals surface area contributed by atoms with Crippen molar-refractivity contribution in [1.82, 2.24) is 0 Å². The molecule has 0 heterocycles. The lowest BCUT2D eigenvalue weighted by atomic mass is 10.0. The van der Waals surface area contributed by atoms with Crippen LogP contribution < -0.4 is 28.4 Å². The summed E-state index contributed by atoms with van der Waals surface area (Å²) in [5, 5.41) is 0. The lowest BCUT2D eigenvalue weighted by Crippen LogP contribution is -2.23. The Morgan fingerprint density at radius 3 is 1.01 bits per heavy atom. The van der Waals surface area contributed by atoms with E-state index in [0.717, 1.165) is 46.6 Å². The van der Waals surface area contributed by atoms with Gasteiger partial charge in [-0.1, -0.05) is 146 Å². The maximum atomic E-state index is 12.9. The quantitative estimate of drug-likeness (QED) is 0.0255. The molecule has 0 saturated heterocycles. The van der Waals surface area contributed by atoms with Crippen LogP contribution in [0.5, 0.6) is 34.5 Å². The fraction of sp³-hybridized carbons (Fsp3) is 0.344. The Labute approximate surface area is 419 Å². The number of hydrogen-bond acceptors (Lipinski definition) is 10. The minimum atomic E-state index is -0.821. The summed E-state index contributed by atoms with van der Waals surface area (Å²) in [5.41, 5.74) is 4.70. The van der Waals surface area contributed by atoms with Crippen LogP contribution in [0.4, 0.5) is 0 Å². The molecule has 0 aliphatic heterocycles. The van der Waals surface area contributed by atoms with E-state index in [4.69, 9.17) is 28.4 Å². The van der Waals surface area contributed by atoms with E-state index < -0.39 is 29.8 Å². The van der Waals surface area contributed by atoms with E-state index in [1.54, 1.807) is 31.2 Å². The van der Waals surface area contributed by atoms with Crippen molar-refractivity contribution in [1.29, 1.82) is 0 Å². The molecule has 0 bridgehead atoms. The highest BCUT2D eigenvalue weighted by atomic mass is 16.6. The maximum Gasteiger partial charge on any atom is 0.343 e. The van der Waals surface area contributed by atoms with Crippen LogP contribution in [0.2, 0.25) is 0 Å². The third-order valence-corrected chi connectivity index (χ3v) is 12.0. The molecule has 6 aromatic rings. The molecule has 0 aliphatic carbocycles. The first-order valence-electron chi connectivity index (χ1n) is 25.4. The molecular formula is C61H68O10. The summed E-state index contributed by atoms with van der Waals surface area (Å²) in [6.45, 7) is 7.45. The molecule has 0 fully saturated rings. The summed E-state index contributed by atoms with van der Waals surface area (Å²) in [4.78, 5) is 51.5. The van der Waals surface area contributed by atoms with Gasteiger partial charge in [0, 0.05) is 0 Å². The van der Waals surface area contributed by atoms with Gasteiger partial charge in [-0.3, -0.25) is 9.59 Å². The van der Waals surface area contributed by atoms with Gasteiger partial charge in [-0.15, -0.1) is 0 Å². The predicted molar refractivity (Wildman–Crippen MR) is 279 cm³/mol. The third kappa shape index (κ3) is 18.2. The van der Waals surface area contributed by atoms with Crippen molar-refractivity contribution in [3.63, 3.8) is 0 Å². The summed E-state index contributed by atoms with van der Waals surface area (Å²) in [5.74, 6) is -0.484. The van der Waals surface area contributed by atoms with Crippen molar-refractivity contribution in [2.45, 2.75) is 117 Å². The molecule has 1 unspecified atom stereocenters. The van der Waals surface area contributed by atoms with Gasteiger partial charge in [0.15, 0.2) is 0 Å². The summed E-state index contributed by atoms with van der Waals surface area (Å²) in [6, 6.07) is 42.4. The van der Waals surface area contributed by atoms with Crippen molar-refractivity contribution in [3.05, 3.63) is 157 Å². The maximum absolute atomic E-state index is 12.9. The number of esters is 4. The standard InChI is InChI=1S/C61H68O10/c1-4-6-8-10-12-14-16-42-66-52-30-26-48(27-31-52)46-18-22-50(23-19-46)60(64)70-56-36-34-54(35-37-56)68-58(62)44-45(3)59(63)69-55-38-40-57(41-39-55)71-61(65)51-24-20-47(21-25-51)49-28-32-53(33-29-49)67-43-17-15-13-11-9-7-5-2/h18-41,45H,4-17,42-44H2,1-3H3. The van der Waals surface area contributed by atoms with E-state index in [-0.39, 0.29) is 29.4 Å². The topological polar surface area (TPSA) is 124 Å². The Balaban J connectivity index is 0.865. The lowest BCUT2D eigenvalue weighted by molar-refractivity contribution is -0.144. The molecule has 0 radical (unpaired) electrons. The number of benzene rings is 6. The van der Waals surface area contributed by atoms with Crippen molar-refractivity contribution in [3.8, 4) is 56.8 Å². The highest BCUT2D eigenvalue weighted by Gasteiger charge is 2.21. The van der Waals surface area contributed by atoms with Crippen LogP contribution in [-0.4, -0.2) is 37.1 Å². The van der Waals surface area contributed by atoms with Crippen molar-refractivity contribution >= 4 is 23.9 Å². The predicted octanol–water partition coefficient (Wildman–Crippen LogP) is 15.3. The largest absolute Gasteiger partial charge is 0.494 e. The average Bonchev–Trinajstić information content (AvgIpc) is 3.39. The number of unbranched alkanes of at least 4 members (excludes halogenated alkanes) is 12. The number of carbonyl (C=O) groups is 4. The third-order valence-electron chi connectivity index (χ3n) is 12.0. The highest BCUT2D eigenvalue weighted by molar-refractivity contribution is 5.92. The van der Waals surface area contributed by atoms with Gasteiger partial charge in [0.25, 0.3) is 0 Å². The van der Waals surface area contributed by atoms with E-state index in [1.165, 1.54) is 126 Å². The molecule has 0 aliphatic rings. The monoisotopic (exact) mass is 960 g/mol. The van der Waals surface area contributed by atoms with E-state index >= 15 is 0 Å². The SMILES string of the molecule is CCCCCCCCCOc1ccc(-c2ccc(C(=O)Oc3ccc(OC(=O)CC(C)C(=O)Oc4ccc(OC(=O)c5ccc(-c6ccc(OCCCCCCCCC)cc6)cc5)cc4)cc3)cc2)cc1. The highest BCUT2D eigenvalue weighted by Crippen LogP contribution is 2.27.